The van der Waals surface area contributed by atoms with Crippen LogP contribution in [-0.4, -0.2) is 48.5 Å². The van der Waals surface area contributed by atoms with Gasteiger partial charge in [0.1, 0.15) is 5.54 Å². The van der Waals surface area contributed by atoms with Crippen LogP contribution in [0.15, 0.2) is 18.5 Å². The first-order chi connectivity index (χ1) is 12.2. The molecular weight excluding hydrogens is 352 g/mol. The molecule has 0 unspecified atom stereocenters. The van der Waals surface area contributed by atoms with E-state index < -0.39 is 5.54 Å². The molecule has 2 N–H and O–H groups in total. The predicted molar refractivity (Wildman–Crippen MR) is 105 cm³/mol. The minimum absolute atomic E-state index is 0. The Labute approximate surface area is 162 Å². The van der Waals surface area contributed by atoms with Crippen LogP contribution in [0.3, 0.4) is 0 Å². The lowest BCUT2D eigenvalue weighted by atomic mass is 9.82. The van der Waals surface area contributed by atoms with Crippen molar-refractivity contribution in [3.05, 3.63) is 18.5 Å². The first-order valence-electron chi connectivity index (χ1n) is 9.78. The number of carbonyl (C=O) groups excluding carboxylic acids is 1. The number of amides is 1. The van der Waals surface area contributed by atoms with Crippen molar-refractivity contribution < 1.29 is 9.53 Å². The Hall–Kier alpha value is -1.11. The minimum atomic E-state index is -0.547. The molecule has 1 saturated carbocycles. The second-order valence-electron chi connectivity index (χ2n) is 7.57. The molecule has 1 aromatic rings. The molecule has 0 bridgehead atoms. The van der Waals surface area contributed by atoms with Crippen molar-refractivity contribution in [2.45, 2.75) is 57.4 Å². The van der Waals surface area contributed by atoms with Gasteiger partial charge in [0.2, 0.25) is 5.91 Å². The van der Waals surface area contributed by atoms with Crippen LogP contribution in [0, 0.1) is 5.41 Å². The standard InChI is InChI=1S/C19H32N4O2.ClH/c1-2-25-15-10-18(6-3-4-7-18)16-21-17(24)19(8-12-20-13-9-19)23-14-5-11-22-23;/h5,11,14,20H,2-4,6-10,12-13,15-16H2,1H3,(H,21,24);1H. The molecule has 2 fully saturated rings. The molecular formula is C19H33ClN4O2. The molecule has 0 aromatic carbocycles. The third-order valence-electron chi connectivity index (χ3n) is 6.07. The Balaban J connectivity index is 0.00000243. The van der Waals surface area contributed by atoms with E-state index in [0.717, 1.165) is 52.1 Å². The monoisotopic (exact) mass is 384 g/mol. The van der Waals surface area contributed by atoms with Crippen LogP contribution in [0.2, 0.25) is 0 Å². The van der Waals surface area contributed by atoms with E-state index >= 15 is 0 Å². The molecule has 1 aromatic heterocycles. The number of aromatic nitrogens is 2. The van der Waals surface area contributed by atoms with E-state index in [1.807, 2.05) is 23.9 Å². The maximum absolute atomic E-state index is 13.2. The van der Waals surface area contributed by atoms with Gasteiger partial charge in [-0.25, -0.2) is 0 Å². The molecule has 26 heavy (non-hydrogen) atoms. The Bertz CT molecular complexity index is 538. The Morgan fingerprint density at radius 1 is 1.27 bits per heavy atom. The number of rotatable bonds is 8. The quantitative estimate of drug-likeness (QED) is 0.675. The van der Waals surface area contributed by atoms with Crippen molar-refractivity contribution in [2.24, 2.45) is 5.41 Å². The van der Waals surface area contributed by atoms with E-state index in [1.54, 1.807) is 6.20 Å². The molecule has 2 heterocycles. The second-order valence-corrected chi connectivity index (χ2v) is 7.57. The second kappa shape index (κ2) is 9.72. The molecule has 0 radical (unpaired) electrons. The van der Waals surface area contributed by atoms with Crippen LogP contribution >= 0.6 is 12.4 Å². The normalized spacial score (nSPS) is 21.1. The lowest BCUT2D eigenvalue weighted by molar-refractivity contribution is -0.132. The van der Waals surface area contributed by atoms with Crippen molar-refractivity contribution in [1.29, 1.82) is 0 Å². The summed E-state index contributed by atoms with van der Waals surface area (Å²) in [5, 5.41) is 11.1. The summed E-state index contributed by atoms with van der Waals surface area (Å²) in [4.78, 5) is 13.2. The minimum Gasteiger partial charge on any atom is -0.382 e. The number of nitrogens with one attached hydrogen (secondary N) is 2. The number of hydrogen-bond donors (Lipinski definition) is 2. The van der Waals surface area contributed by atoms with Crippen LogP contribution in [0.4, 0.5) is 0 Å². The first-order valence-corrected chi connectivity index (χ1v) is 9.78. The van der Waals surface area contributed by atoms with E-state index in [1.165, 1.54) is 25.7 Å². The summed E-state index contributed by atoms with van der Waals surface area (Å²) in [6, 6.07) is 1.90. The number of nitrogens with zero attached hydrogens (tertiary/aromatic N) is 2. The summed E-state index contributed by atoms with van der Waals surface area (Å²) in [5.41, 5.74) is -0.336. The zero-order valence-corrected chi connectivity index (χ0v) is 16.7. The fourth-order valence-electron chi connectivity index (χ4n) is 4.43. The van der Waals surface area contributed by atoms with E-state index in [9.17, 15) is 4.79 Å². The summed E-state index contributed by atoms with van der Waals surface area (Å²) in [6.45, 7) is 6.05. The maximum Gasteiger partial charge on any atom is 0.248 e. The third-order valence-corrected chi connectivity index (χ3v) is 6.07. The summed E-state index contributed by atoms with van der Waals surface area (Å²) in [6.07, 6.45) is 11.2. The van der Waals surface area contributed by atoms with Crippen LogP contribution in [0.5, 0.6) is 0 Å². The van der Waals surface area contributed by atoms with Crippen molar-refractivity contribution in [3.63, 3.8) is 0 Å². The predicted octanol–water partition coefficient (Wildman–Crippen LogP) is 2.49. The molecule has 2 aliphatic rings. The highest BCUT2D eigenvalue weighted by Gasteiger charge is 2.43. The topological polar surface area (TPSA) is 68.2 Å². The fraction of sp³-hybridized carbons (Fsp3) is 0.789. The van der Waals surface area contributed by atoms with Crippen LogP contribution in [0.1, 0.15) is 51.9 Å². The maximum atomic E-state index is 13.2. The van der Waals surface area contributed by atoms with Gasteiger partial charge < -0.3 is 15.4 Å². The molecule has 1 aliphatic carbocycles. The van der Waals surface area contributed by atoms with Crippen molar-refractivity contribution in [1.82, 2.24) is 20.4 Å². The molecule has 6 nitrogen and oxygen atoms in total. The zero-order chi connectivity index (χ0) is 17.6. The first kappa shape index (κ1) is 21.2. The van der Waals surface area contributed by atoms with Crippen LogP contribution in [-0.2, 0) is 15.1 Å². The lowest BCUT2D eigenvalue weighted by Crippen LogP contribution is -2.55. The average Bonchev–Trinajstić information content (AvgIpc) is 3.33. The van der Waals surface area contributed by atoms with Gasteiger partial charge in [-0.3, -0.25) is 9.48 Å². The average molecular weight is 385 g/mol. The van der Waals surface area contributed by atoms with E-state index in [4.69, 9.17) is 4.74 Å². The van der Waals surface area contributed by atoms with E-state index in [2.05, 4.69) is 15.7 Å². The van der Waals surface area contributed by atoms with Gasteiger partial charge in [0.25, 0.3) is 0 Å². The molecule has 3 rings (SSSR count). The highest BCUT2D eigenvalue weighted by atomic mass is 35.5. The Morgan fingerprint density at radius 3 is 2.62 bits per heavy atom. The van der Waals surface area contributed by atoms with Gasteiger partial charge in [0.05, 0.1) is 0 Å². The number of carbonyl (C=O) groups is 1. The van der Waals surface area contributed by atoms with Gasteiger partial charge in [0, 0.05) is 32.2 Å². The number of piperidine rings is 1. The van der Waals surface area contributed by atoms with Gasteiger partial charge in [-0.2, -0.15) is 5.10 Å². The number of halogens is 1. The molecule has 1 saturated heterocycles. The highest BCUT2D eigenvalue weighted by molar-refractivity contribution is 5.85. The van der Waals surface area contributed by atoms with Gasteiger partial charge >= 0.3 is 0 Å². The molecule has 1 amide bonds. The molecule has 0 spiro atoms. The highest BCUT2D eigenvalue weighted by Crippen LogP contribution is 2.41. The summed E-state index contributed by atoms with van der Waals surface area (Å²) in [7, 11) is 0. The Kier molecular flexibility index (Phi) is 7.92. The smallest absolute Gasteiger partial charge is 0.248 e. The van der Waals surface area contributed by atoms with Gasteiger partial charge in [-0.15, -0.1) is 12.4 Å². The number of ether oxygens (including phenoxy) is 1. The molecule has 0 atom stereocenters. The fourth-order valence-corrected chi connectivity index (χ4v) is 4.43. The van der Waals surface area contributed by atoms with Gasteiger partial charge in [-0.1, -0.05) is 12.8 Å². The van der Waals surface area contributed by atoms with Crippen molar-refractivity contribution in [3.8, 4) is 0 Å². The van der Waals surface area contributed by atoms with Gasteiger partial charge in [-0.05, 0) is 63.6 Å². The van der Waals surface area contributed by atoms with Crippen LogP contribution in [0.25, 0.3) is 0 Å². The lowest BCUT2D eigenvalue weighted by Gasteiger charge is -2.38. The number of hydrogen-bond acceptors (Lipinski definition) is 4. The van der Waals surface area contributed by atoms with E-state index in [0.29, 0.717) is 0 Å². The van der Waals surface area contributed by atoms with Gasteiger partial charge in [0.15, 0.2) is 0 Å². The van der Waals surface area contributed by atoms with Crippen molar-refractivity contribution in [2.75, 3.05) is 32.8 Å². The SMILES string of the molecule is CCOCCC1(CNC(=O)C2(n3cccn3)CCNCC2)CCCC1.Cl. The zero-order valence-electron chi connectivity index (χ0n) is 15.8. The summed E-state index contributed by atoms with van der Waals surface area (Å²) < 4.78 is 7.45. The third kappa shape index (κ3) is 4.59. The summed E-state index contributed by atoms with van der Waals surface area (Å²) >= 11 is 0. The van der Waals surface area contributed by atoms with Crippen molar-refractivity contribution >= 4 is 18.3 Å². The molecule has 1 aliphatic heterocycles. The molecule has 148 valence electrons. The largest absolute Gasteiger partial charge is 0.382 e. The molecule has 7 heteroatoms. The van der Waals surface area contributed by atoms with Crippen LogP contribution < -0.4 is 10.6 Å². The Morgan fingerprint density at radius 2 is 2.00 bits per heavy atom. The summed E-state index contributed by atoms with van der Waals surface area (Å²) in [5.74, 6) is 0.125. The van der Waals surface area contributed by atoms with E-state index in [-0.39, 0.29) is 23.7 Å².